The van der Waals surface area contributed by atoms with E-state index in [1.54, 1.807) is 6.20 Å². The third-order valence-electron chi connectivity index (χ3n) is 2.85. The van der Waals surface area contributed by atoms with Gasteiger partial charge in [-0.25, -0.2) is 9.67 Å². The molecule has 0 bridgehead atoms. The summed E-state index contributed by atoms with van der Waals surface area (Å²) in [7, 11) is 0. The van der Waals surface area contributed by atoms with Crippen LogP contribution in [0.2, 0.25) is 0 Å². The van der Waals surface area contributed by atoms with E-state index in [9.17, 15) is 4.79 Å². The highest BCUT2D eigenvalue weighted by atomic mass is 16.2. The van der Waals surface area contributed by atoms with Crippen molar-refractivity contribution in [2.45, 2.75) is 25.3 Å². The van der Waals surface area contributed by atoms with Crippen LogP contribution >= 0.6 is 0 Å². The van der Waals surface area contributed by atoms with Gasteiger partial charge in [-0.1, -0.05) is 0 Å². The van der Waals surface area contributed by atoms with Gasteiger partial charge in [-0.05, 0) is 25.0 Å². The molecule has 0 unspecified atom stereocenters. The maximum Gasteiger partial charge on any atom is 0.246 e. The topological polar surface area (TPSA) is 72.7 Å². The Morgan fingerprint density at radius 3 is 3.11 bits per heavy atom. The number of pyridine rings is 1. The molecule has 92 valence electrons. The molecule has 1 aliphatic rings. The SMILES string of the molecule is O=C(Cn1cncn1)Nc1cccnc1C1CC1. The van der Waals surface area contributed by atoms with E-state index in [1.165, 1.54) is 17.3 Å². The standard InChI is InChI=1S/C12H13N5O/c18-11(6-17-8-13-7-15-17)16-10-2-1-5-14-12(10)9-3-4-9/h1-2,5,7-9H,3-4,6H2,(H,16,18). The first-order valence-electron chi connectivity index (χ1n) is 5.90. The van der Waals surface area contributed by atoms with Gasteiger partial charge in [0.15, 0.2) is 0 Å². The predicted molar refractivity (Wildman–Crippen MR) is 64.9 cm³/mol. The molecule has 1 amide bonds. The normalized spacial score (nSPS) is 14.4. The van der Waals surface area contributed by atoms with Crippen molar-refractivity contribution in [1.82, 2.24) is 19.7 Å². The van der Waals surface area contributed by atoms with Gasteiger partial charge in [0.1, 0.15) is 19.2 Å². The number of rotatable bonds is 4. The Kier molecular flexibility index (Phi) is 2.76. The second-order valence-electron chi connectivity index (χ2n) is 4.35. The van der Waals surface area contributed by atoms with Gasteiger partial charge < -0.3 is 5.32 Å². The molecule has 0 radical (unpaired) electrons. The van der Waals surface area contributed by atoms with Crippen molar-refractivity contribution in [3.63, 3.8) is 0 Å². The van der Waals surface area contributed by atoms with Gasteiger partial charge in [0, 0.05) is 12.1 Å². The number of carbonyl (C=O) groups is 1. The number of nitrogens with one attached hydrogen (secondary N) is 1. The van der Waals surface area contributed by atoms with Crippen LogP contribution in [0.5, 0.6) is 0 Å². The average Bonchev–Trinajstić information content (AvgIpc) is 3.09. The number of nitrogens with zero attached hydrogens (tertiary/aromatic N) is 4. The molecule has 0 aliphatic heterocycles. The molecule has 1 N–H and O–H groups in total. The maximum absolute atomic E-state index is 11.8. The molecule has 2 aromatic rings. The van der Waals surface area contributed by atoms with Crippen molar-refractivity contribution < 1.29 is 4.79 Å². The lowest BCUT2D eigenvalue weighted by molar-refractivity contribution is -0.116. The smallest absolute Gasteiger partial charge is 0.246 e. The predicted octanol–water partition coefficient (Wildman–Crippen LogP) is 1.19. The minimum Gasteiger partial charge on any atom is -0.323 e. The molecule has 2 heterocycles. The molecule has 6 heteroatoms. The van der Waals surface area contributed by atoms with Crippen LogP contribution in [0.1, 0.15) is 24.5 Å². The summed E-state index contributed by atoms with van der Waals surface area (Å²) in [6.07, 6.45) is 7.00. The maximum atomic E-state index is 11.8. The summed E-state index contributed by atoms with van der Waals surface area (Å²) < 4.78 is 1.49. The molecule has 6 nitrogen and oxygen atoms in total. The zero-order valence-corrected chi connectivity index (χ0v) is 9.78. The lowest BCUT2D eigenvalue weighted by Crippen LogP contribution is -2.20. The second kappa shape index (κ2) is 4.56. The Hall–Kier alpha value is -2.24. The molecule has 1 aliphatic carbocycles. The summed E-state index contributed by atoms with van der Waals surface area (Å²) in [6.45, 7) is 0.166. The summed E-state index contributed by atoms with van der Waals surface area (Å²) in [4.78, 5) is 20.0. The van der Waals surface area contributed by atoms with E-state index in [2.05, 4.69) is 20.4 Å². The van der Waals surface area contributed by atoms with Crippen LogP contribution in [-0.2, 0) is 11.3 Å². The number of amides is 1. The zero-order chi connectivity index (χ0) is 12.4. The third-order valence-corrected chi connectivity index (χ3v) is 2.85. The van der Waals surface area contributed by atoms with E-state index in [4.69, 9.17) is 0 Å². The number of anilines is 1. The molecule has 0 saturated heterocycles. The van der Waals surface area contributed by atoms with E-state index in [1.807, 2.05) is 12.1 Å². The number of carbonyl (C=O) groups excluding carboxylic acids is 1. The first-order chi connectivity index (χ1) is 8.83. The van der Waals surface area contributed by atoms with Crippen molar-refractivity contribution >= 4 is 11.6 Å². The van der Waals surface area contributed by atoms with Crippen LogP contribution in [0.3, 0.4) is 0 Å². The number of aromatic nitrogens is 4. The third kappa shape index (κ3) is 2.37. The average molecular weight is 243 g/mol. The van der Waals surface area contributed by atoms with Crippen molar-refractivity contribution in [3.8, 4) is 0 Å². The highest BCUT2D eigenvalue weighted by Crippen LogP contribution is 2.41. The fourth-order valence-corrected chi connectivity index (χ4v) is 1.86. The van der Waals surface area contributed by atoms with E-state index >= 15 is 0 Å². The molecule has 3 rings (SSSR count). The van der Waals surface area contributed by atoms with E-state index in [0.29, 0.717) is 5.92 Å². The molecular weight excluding hydrogens is 230 g/mol. The number of hydrogen-bond acceptors (Lipinski definition) is 4. The number of hydrogen-bond donors (Lipinski definition) is 1. The largest absolute Gasteiger partial charge is 0.323 e. The Labute approximate surface area is 104 Å². The molecule has 1 fully saturated rings. The lowest BCUT2D eigenvalue weighted by atomic mass is 10.2. The molecule has 2 aromatic heterocycles. The molecule has 0 aromatic carbocycles. The van der Waals surface area contributed by atoms with Crippen LogP contribution in [0.4, 0.5) is 5.69 Å². The van der Waals surface area contributed by atoms with Crippen LogP contribution < -0.4 is 5.32 Å². The Morgan fingerprint density at radius 1 is 1.50 bits per heavy atom. The first kappa shape index (κ1) is 10.9. The van der Waals surface area contributed by atoms with Crippen LogP contribution in [0, 0.1) is 0 Å². The minimum atomic E-state index is -0.115. The minimum absolute atomic E-state index is 0.115. The van der Waals surface area contributed by atoms with Crippen molar-refractivity contribution in [2.75, 3.05) is 5.32 Å². The highest BCUT2D eigenvalue weighted by molar-refractivity contribution is 5.91. The summed E-state index contributed by atoms with van der Waals surface area (Å²) >= 11 is 0. The van der Waals surface area contributed by atoms with E-state index < -0.39 is 0 Å². The highest BCUT2D eigenvalue weighted by Gasteiger charge is 2.27. The van der Waals surface area contributed by atoms with Crippen molar-refractivity contribution in [2.24, 2.45) is 0 Å². The molecular formula is C12H13N5O. The van der Waals surface area contributed by atoms with Crippen molar-refractivity contribution in [1.29, 1.82) is 0 Å². The van der Waals surface area contributed by atoms with Gasteiger partial charge in [0.05, 0.1) is 11.4 Å². The fourth-order valence-electron chi connectivity index (χ4n) is 1.86. The molecule has 0 spiro atoms. The van der Waals surface area contributed by atoms with Gasteiger partial charge in [-0.3, -0.25) is 9.78 Å². The first-order valence-corrected chi connectivity index (χ1v) is 5.90. The quantitative estimate of drug-likeness (QED) is 0.875. The molecule has 1 saturated carbocycles. The molecule has 18 heavy (non-hydrogen) atoms. The van der Waals surface area contributed by atoms with Crippen LogP contribution in [0.25, 0.3) is 0 Å². The van der Waals surface area contributed by atoms with E-state index in [-0.39, 0.29) is 12.5 Å². The zero-order valence-electron chi connectivity index (χ0n) is 9.78. The Morgan fingerprint density at radius 2 is 2.39 bits per heavy atom. The van der Waals surface area contributed by atoms with Crippen molar-refractivity contribution in [3.05, 3.63) is 36.7 Å². The lowest BCUT2D eigenvalue weighted by Gasteiger charge is -2.09. The van der Waals surface area contributed by atoms with E-state index in [0.717, 1.165) is 24.2 Å². The van der Waals surface area contributed by atoms with Gasteiger partial charge >= 0.3 is 0 Å². The summed E-state index contributed by atoms with van der Waals surface area (Å²) in [6, 6.07) is 3.72. The Bertz CT molecular complexity index is 547. The van der Waals surface area contributed by atoms with Crippen LogP contribution in [0.15, 0.2) is 31.0 Å². The Balaban J connectivity index is 1.70. The summed E-state index contributed by atoms with van der Waals surface area (Å²) in [5.41, 5.74) is 1.80. The summed E-state index contributed by atoms with van der Waals surface area (Å²) in [5, 5.41) is 6.78. The van der Waals surface area contributed by atoms with Crippen LogP contribution in [-0.4, -0.2) is 25.7 Å². The molecule has 0 atom stereocenters. The monoisotopic (exact) mass is 243 g/mol. The van der Waals surface area contributed by atoms with Gasteiger partial charge in [-0.15, -0.1) is 0 Å². The second-order valence-corrected chi connectivity index (χ2v) is 4.35. The fraction of sp³-hybridized carbons (Fsp3) is 0.333. The van der Waals surface area contributed by atoms with Gasteiger partial charge in [0.25, 0.3) is 0 Å². The summed E-state index contributed by atoms with van der Waals surface area (Å²) in [5.74, 6) is 0.392. The van der Waals surface area contributed by atoms with Gasteiger partial charge in [-0.2, -0.15) is 5.10 Å². The van der Waals surface area contributed by atoms with Gasteiger partial charge in [0.2, 0.25) is 5.91 Å².